The summed E-state index contributed by atoms with van der Waals surface area (Å²) in [6.45, 7) is 11.9. The monoisotopic (exact) mass is 291 g/mol. The van der Waals surface area contributed by atoms with Crippen LogP contribution in [0.4, 0.5) is 0 Å². The van der Waals surface area contributed by atoms with Crippen LogP contribution in [0.25, 0.3) is 0 Å². The summed E-state index contributed by atoms with van der Waals surface area (Å²) in [6.07, 6.45) is 1.08. The second-order valence-corrected chi connectivity index (χ2v) is 6.62. The van der Waals surface area contributed by atoms with Gasteiger partial charge in [0, 0.05) is 25.3 Å². The Morgan fingerprint density at radius 1 is 1.16 bits per heavy atom. The number of carbonyl (C=O) groups excluding carboxylic acids is 1. The van der Waals surface area contributed by atoms with Gasteiger partial charge in [-0.05, 0) is 34.6 Å². The lowest BCUT2D eigenvalue weighted by molar-refractivity contribution is -0.158. The maximum atomic E-state index is 11.7. The van der Waals surface area contributed by atoms with Crippen molar-refractivity contribution in [3.05, 3.63) is 0 Å². The number of rotatable bonds is 9. The maximum Gasteiger partial charge on any atom is 0.307 e. The van der Waals surface area contributed by atoms with Gasteiger partial charge in [-0.3, -0.25) is 4.79 Å². The van der Waals surface area contributed by atoms with Crippen molar-refractivity contribution in [3.63, 3.8) is 0 Å². The summed E-state index contributed by atoms with van der Waals surface area (Å²) in [4.78, 5) is 11.7. The molecule has 0 rings (SSSR count). The molecule has 0 atom stereocenters. The Balaban J connectivity index is 3.84. The van der Waals surface area contributed by atoms with Gasteiger partial charge in [-0.25, -0.2) is 0 Å². The largest absolute Gasteiger partial charge is 0.460 e. The van der Waals surface area contributed by atoms with Crippen LogP contribution in [-0.2, 0) is 14.3 Å². The van der Waals surface area contributed by atoms with E-state index in [-0.39, 0.29) is 11.6 Å². The normalized spacial score (nSPS) is 12.5. The van der Waals surface area contributed by atoms with Gasteiger partial charge in [0.2, 0.25) is 0 Å². The van der Waals surface area contributed by atoms with Crippen molar-refractivity contribution < 1.29 is 14.3 Å². The van der Waals surface area contributed by atoms with E-state index < -0.39 is 5.60 Å². The average molecular weight is 291 g/mol. The summed E-state index contributed by atoms with van der Waals surface area (Å²) in [5.41, 5.74) is -0.636. The smallest absolute Gasteiger partial charge is 0.307 e. The van der Waals surface area contributed by atoms with Gasteiger partial charge in [-0.2, -0.15) is 12.6 Å². The molecule has 0 aliphatic carbocycles. The molecule has 0 aromatic rings. The highest BCUT2D eigenvalue weighted by Gasteiger charge is 2.23. The number of thiol groups is 1. The van der Waals surface area contributed by atoms with Crippen LogP contribution >= 0.6 is 12.6 Å². The summed E-state index contributed by atoms with van der Waals surface area (Å²) in [5, 5.41) is 3.11. The zero-order valence-corrected chi connectivity index (χ0v) is 13.8. The topological polar surface area (TPSA) is 47.6 Å². The van der Waals surface area contributed by atoms with Crippen molar-refractivity contribution in [3.8, 4) is 0 Å². The highest BCUT2D eigenvalue weighted by Crippen LogP contribution is 2.17. The van der Waals surface area contributed by atoms with Crippen LogP contribution in [-0.4, -0.2) is 42.6 Å². The fourth-order valence-corrected chi connectivity index (χ4v) is 1.57. The van der Waals surface area contributed by atoms with Gasteiger partial charge in [0.05, 0.1) is 18.6 Å². The molecular formula is C14H29NO3S. The molecule has 0 radical (unpaired) electrons. The fourth-order valence-electron chi connectivity index (χ4n) is 1.41. The minimum Gasteiger partial charge on any atom is -0.460 e. The predicted octanol–water partition coefficient (Wildman–Crippen LogP) is 2.42. The van der Waals surface area contributed by atoms with Crippen molar-refractivity contribution in [2.75, 3.05) is 25.4 Å². The molecule has 0 saturated carbocycles. The van der Waals surface area contributed by atoms with Gasteiger partial charge < -0.3 is 14.8 Å². The molecule has 1 N–H and O–H groups in total. The predicted molar refractivity (Wildman–Crippen MR) is 81.8 cm³/mol. The Bertz CT molecular complexity index is 262. The van der Waals surface area contributed by atoms with E-state index in [0.717, 1.165) is 12.3 Å². The van der Waals surface area contributed by atoms with Gasteiger partial charge in [-0.1, -0.05) is 0 Å². The Hall–Kier alpha value is -0.260. The zero-order chi connectivity index (χ0) is 14.9. The van der Waals surface area contributed by atoms with Crippen molar-refractivity contribution in [1.29, 1.82) is 0 Å². The molecule has 0 bridgehead atoms. The Kier molecular flexibility index (Phi) is 8.70. The molecule has 0 heterocycles. The highest BCUT2D eigenvalue weighted by atomic mass is 32.1. The molecule has 0 spiro atoms. The highest BCUT2D eigenvalue weighted by molar-refractivity contribution is 7.80. The molecule has 0 aromatic carbocycles. The molecule has 19 heavy (non-hydrogen) atoms. The first kappa shape index (κ1) is 18.7. The lowest BCUT2D eigenvalue weighted by Crippen LogP contribution is -2.32. The molecule has 0 aromatic heterocycles. The first-order chi connectivity index (χ1) is 8.66. The summed E-state index contributed by atoms with van der Waals surface area (Å²) < 4.78 is 11.1. The van der Waals surface area contributed by atoms with Crippen LogP contribution in [0.15, 0.2) is 0 Å². The van der Waals surface area contributed by atoms with E-state index >= 15 is 0 Å². The van der Waals surface area contributed by atoms with Crippen molar-refractivity contribution in [1.82, 2.24) is 5.32 Å². The van der Waals surface area contributed by atoms with E-state index in [4.69, 9.17) is 9.47 Å². The minimum absolute atomic E-state index is 0.156. The summed E-state index contributed by atoms with van der Waals surface area (Å²) in [5.74, 6) is 0.595. The lowest BCUT2D eigenvalue weighted by atomic mass is 10.1. The van der Waals surface area contributed by atoms with Crippen LogP contribution < -0.4 is 5.32 Å². The van der Waals surface area contributed by atoms with Gasteiger partial charge >= 0.3 is 5.97 Å². The second-order valence-electron chi connectivity index (χ2n) is 6.17. The Labute approximate surface area is 123 Å². The summed E-state index contributed by atoms with van der Waals surface area (Å²) >= 11 is 4.08. The van der Waals surface area contributed by atoms with E-state index in [2.05, 4.69) is 17.9 Å². The molecule has 0 aliphatic heterocycles. The molecule has 0 saturated heterocycles. The average Bonchev–Trinajstić information content (AvgIpc) is 2.21. The maximum absolute atomic E-state index is 11.7. The zero-order valence-electron chi connectivity index (χ0n) is 12.9. The lowest BCUT2D eigenvalue weighted by Gasteiger charge is -2.27. The molecule has 114 valence electrons. The number of ether oxygens (including phenoxy) is 2. The minimum atomic E-state index is -0.480. The van der Waals surface area contributed by atoms with Gasteiger partial charge in [-0.15, -0.1) is 0 Å². The molecule has 0 aliphatic rings. The third-order valence-electron chi connectivity index (χ3n) is 2.42. The molecule has 0 unspecified atom stereocenters. The van der Waals surface area contributed by atoms with E-state index in [9.17, 15) is 4.79 Å². The Morgan fingerprint density at radius 2 is 1.79 bits per heavy atom. The van der Waals surface area contributed by atoms with Gasteiger partial charge in [0.25, 0.3) is 0 Å². The fraction of sp³-hybridized carbons (Fsp3) is 0.929. The van der Waals surface area contributed by atoms with E-state index in [1.54, 1.807) is 0 Å². The molecule has 0 fully saturated rings. The second kappa shape index (κ2) is 8.82. The van der Waals surface area contributed by atoms with E-state index in [1.807, 2.05) is 34.6 Å². The molecule has 5 heteroatoms. The number of carbonyl (C=O) groups is 1. The molecular weight excluding hydrogens is 262 g/mol. The SMILES string of the molecule is CC(C)(C)OCCC(C)(C)OC(=O)CCNCCS. The van der Waals surface area contributed by atoms with Crippen molar-refractivity contribution in [2.24, 2.45) is 0 Å². The summed E-state index contributed by atoms with van der Waals surface area (Å²) in [6, 6.07) is 0. The number of esters is 1. The quantitative estimate of drug-likeness (QED) is 0.389. The van der Waals surface area contributed by atoms with Crippen LogP contribution in [0.2, 0.25) is 0 Å². The third kappa shape index (κ3) is 12.5. The van der Waals surface area contributed by atoms with Crippen molar-refractivity contribution in [2.45, 2.75) is 58.7 Å². The number of nitrogens with one attached hydrogen (secondary N) is 1. The van der Waals surface area contributed by atoms with Crippen LogP contribution in [0, 0.1) is 0 Å². The molecule has 4 nitrogen and oxygen atoms in total. The Morgan fingerprint density at radius 3 is 2.32 bits per heavy atom. The van der Waals surface area contributed by atoms with Gasteiger partial charge in [0.1, 0.15) is 5.60 Å². The van der Waals surface area contributed by atoms with Crippen LogP contribution in [0.1, 0.15) is 47.5 Å². The van der Waals surface area contributed by atoms with Crippen LogP contribution in [0.5, 0.6) is 0 Å². The number of hydrogen-bond donors (Lipinski definition) is 2. The van der Waals surface area contributed by atoms with E-state index in [1.165, 1.54) is 0 Å². The standard InChI is InChI=1S/C14H29NO3S/c1-13(2,3)17-10-7-14(4,5)18-12(16)6-8-15-9-11-19/h15,19H,6-11H2,1-5H3. The van der Waals surface area contributed by atoms with Crippen molar-refractivity contribution >= 4 is 18.6 Å². The molecule has 0 amide bonds. The van der Waals surface area contributed by atoms with Crippen LogP contribution in [0.3, 0.4) is 0 Å². The summed E-state index contributed by atoms with van der Waals surface area (Å²) in [7, 11) is 0. The first-order valence-corrected chi connectivity index (χ1v) is 7.47. The number of hydrogen-bond acceptors (Lipinski definition) is 5. The first-order valence-electron chi connectivity index (χ1n) is 6.84. The van der Waals surface area contributed by atoms with E-state index in [0.29, 0.717) is 26.0 Å². The van der Waals surface area contributed by atoms with Gasteiger partial charge in [0.15, 0.2) is 0 Å². The third-order valence-corrected chi connectivity index (χ3v) is 2.65.